The van der Waals surface area contributed by atoms with Gasteiger partial charge in [0.05, 0.1) is 5.56 Å². The van der Waals surface area contributed by atoms with E-state index in [9.17, 15) is 9.59 Å². The quantitative estimate of drug-likeness (QED) is 0.702. The van der Waals surface area contributed by atoms with Crippen LogP contribution in [-0.2, 0) is 0 Å². The molecule has 2 aromatic carbocycles. The van der Waals surface area contributed by atoms with Crippen molar-refractivity contribution >= 4 is 29.1 Å². The van der Waals surface area contributed by atoms with Gasteiger partial charge in [0.2, 0.25) is 5.91 Å². The van der Waals surface area contributed by atoms with Crippen molar-refractivity contribution in [2.45, 2.75) is 0 Å². The fourth-order valence-electron chi connectivity index (χ4n) is 2.52. The van der Waals surface area contributed by atoms with Gasteiger partial charge in [0, 0.05) is 23.0 Å². The van der Waals surface area contributed by atoms with Crippen LogP contribution in [0.2, 0.25) is 5.15 Å². The molecule has 0 atom stereocenters. The van der Waals surface area contributed by atoms with Crippen molar-refractivity contribution in [1.82, 2.24) is 4.98 Å². The minimum absolute atomic E-state index is 0.104. The molecule has 6 heteroatoms. The van der Waals surface area contributed by atoms with E-state index in [0.29, 0.717) is 16.8 Å². The third-order valence-electron chi connectivity index (χ3n) is 3.64. The van der Waals surface area contributed by atoms with Crippen LogP contribution in [0.5, 0.6) is 0 Å². The van der Waals surface area contributed by atoms with E-state index in [1.165, 1.54) is 6.20 Å². The Kier molecular flexibility index (Phi) is 4.77. The number of hydrogen-bond donors (Lipinski definition) is 2. The van der Waals surface area contributed by atoms with Gasteiger partial charge in [-0.25, -0.2) is 4.98 Å². The summed E-state index contributed by atoms with van der Waals surface area (Å²) >= 11 is 5.98. The van der Waals surface area contributed by atoms with E-state index in [0.717, 1.165) is 5.56 Å². The van der Waals surface area contributed by atoms with Gasteiger partial charge in [-0.2, -0.15) is 0 Å². The summed E-state index contributed by atoms with van der Waals surface area (Å²) in [4.78, 5) is 28.3. The average Bonchev–Trinajstić information content (AvgIpc) is 2.62. The molecule has 25 heavy (non-hydrogen) atoms. The van der Waals surface area contributed by atoms with Crippen LogP contribution in [0.25, 0.3) is 11.1 Å². The van der Waals surface area contributed by atoms with Gasteiger partial charge < -0.3 is 11.1 Å². The van der Waals surface area contributed by atoms with Crippen molar-refractivity contribution in [1.29, 1.82) is 0 Å². The molecule has 0 aliphatic heterocycles. The van der Waals surface area contributed by atoms with Crippen LogP contribution in [0.4, 0.5) is 5.69 Å². The zero-order valence-electron chi connectivity index (χ0n) is 13.1. The highest BCUT2D eigenvalue weighted by atomic mass is 35.5. The van der Waals surface area contributed by atoms with Gasteiger partial charge >= 0.3 is 0 Å². The number of nitrogens with one attached hydrogen (secondary N) is 1. The first-order valence-corrected chi connectivity index (χ1v) is 7.86. The Balaban J connectivity index is 2.08. The minimum atomic E-state index is -0.575. The average molecular weight is 352 g/mol. The number of rotatable bonds is 4. The number of hydrogen-bond acceptors (Lipinski definition) is 3. The molecule has 0 aliphatic carbocycles. The van der Waals surface area contributed by atoms with Crippen molar-refractivity contribution in [2.75, 3.05) is 5.32 Å². The maximum Gasteiger partial charge on any atom is 0.258 e. The van der Waals surface area contributed by atoms with Crippen LogP contribution in [0.3, 0.4) is 0 Å². The van der Waals surface area contributed by atoms with Crippen molar-refractivity contribution in [3.8, 4) is 11.1 Å². The van der Waals surface area contributed by atoms with E-state index >= 15 is 0 Å². The molecule has 0 aliphatic rings. The maximum absolute atomic E-state index is 12.5. The van der Waals surface area contributed by atoms with E-state index in [1.807, 2.05) is 30.3 Å². The summed E-state index contributed by atoms with van der Waals surface area (Å²) in [6, 6.07) is 17.4. The molecule has 0 bridgehead atoms. The summed E-state index contributed by atoms with van der Waals surface area (Å²) in [7, 11) is 0. The number of aromatic nitrogens is 1. The van der Waals surface area contributed by atoms with Crippen molar-refractivity contribution < 1.29 is 9.59 Å². The maximum atomic E-state index is 12.5. The number of amides is 2. The zero-order valence-corrected chi connectivity index (χ0v) is 13.8. The molecule has 0 unspecified atom stereocenters. The van der Waals surface area contributed by atoms with E-state index in [2.05, 4.69) is 10.3 Å². The van der Waals surface area contributed by atoms with Crippen molar-refractivity contribution in [3.63, 3.8) is 0 Å². The molecule has 0 radical (unpaired) electrons. The molecule has 0 spiro atoms. The lowest BCUT2D eigenvalue weighted by Gasteiger charge is -2.15. The van der Waals surface area contributed by atoms with Crippen LogP contribution >= 0.6 is 11.6 Å². The van der Waals surface area contributed by atoms with E-state index in [4.69, 9.17) is 17.3 Å². The standard InChI is InChI=1S/C19H14ClN3O2/c20-17-14(9-5-11-22-17)19(25)23-15-10-4-8-13(18(21)24)16(15)12-6-2-1-3-7-12/h1-11H,(H2,21,24)(H,23,25). The Morgan fingerprint density at radius 1 is 0.920 bits per heavy atom. The molecular formula is C19H14ClN3O2. The van der Waals surface area contributed by atoms with Crippen LogP contribution < -0.4 is 11.1 Å². The number of benzene rings is 2. The van der Waals surface area contributed by atoms with Crippen LogP contribution in [-0.4, -0.2) is 16.8 Å². The molecule has 0 saturated heterocycles. The first-order chi connectivity index (χ1) is 12.1. The van der Waals surface area contributed by atoms with Gasteiger partial charge in [-0.1, -0.05) is 48.0 Å². The number of anilines is 1. The summed E-state index contributed by atoms with van der Waals surface area (Å²) in [5, 5.41) is 2.89. The number of nitrogens with two attached hydrogens (primary N) is 1. The molecule has 124 valence electrons. The van der Waals surface area contributed by atoms with E-state index in [1.54, 1.807) is 30.3 Å². The SMILES string of the molecule is NC(=O)c1cccc(NC(=O)c2cccnc2Cl)c1-c1ccccc1. The topological polar surface area (TPSA) is 85.1 Å². The molecule has 2 amide bonds. The van der Waals surface area contributed by atoms with Crippen LogP contribution in [0, 0.1) is 0 Å². The van der Waals surface area contributed by atoms with E-state index in [-0.39, 0.29) is 10.7 Å². The molecule has 3 N–H and O–H groups in total. The molecule has 1 heterocycles. The minimum Gasteiger partial charge on any atom is -0.366 e. The van der Waals surface area contributed by atoms with E-state index < -0.39 is 11.8 Å². The third-order valence-corrected chi connectivity index (χ3v) is 3.95. The highest BCUT2D eigenvalue weighted by Crippen LogP contribution is 2.32. The van der Waals surface area contributed by atoms with Gasteiger partial charge in [0.15, 0.2) is 0 Å². The number of pyridine rings is 1. The lowest BCUT2D eigenvalue weighted by atomic mass is 9.97. The van der Waals surface area contributed by atoms with Gasteiger partial charge in [-0.15, -0.1) is 0 Å². The Morgan fingerprint density at radius 2 is 1.64 bits per heavy atom. The molecule has 3 rings (SSSR count). The number of nitrogens with zero attached hydrogens (tertiary/aromatic N) is 1. The monoisotopic (exact) mass is 351 g/mol. The highest BCUT2D eigenvalue weighted by Gasteiger charge is 2.18. The summed E-state index contributed by atoms with van der Waals surface area (Å²) in [6.45, 7) is 0. The predicted molar refractivity (Wildman–Crippen MR) is 97.6 cm³/mol. The molecule has 0 saturated carbocycles. The Bertz CT molecular complexity index is 942. The summed E-state index contributed by atoms with van der Waals surface area (Å²) in [6.07, 6.45) is 1.50. The van der Waals surface area contributed by atoms with Gasteiger partial charge in [0.1, 0.15) is 5.15 Å². The second-order valence-electron chi connectivity index (χ2n) is 5.25. The summed E-state index contributed by atoms with van der Waals surface area (Å²) in [5.74, 6) is -0.994. The van der Waals surface area contributed by atoms with Crippen LogP contribution in [0.15, 0.2) is 66.9 Å². The largest absolute Gasteiger partial charge is 0.366 e. The molecule has 3 aromatic rings. The number of carbonyl (C=O) groups is 2. The second kappa shape index (κ2) is 7.15. The first-order valence-electron chi connectivity index (χ1n) is 7.48. The fraction of sp³-hybridized carbons (Fsp3) is 0. The summed E-state index contributed by atoms with van der Waals surface area (Å²) < 4.78 is 0. The molecule has 1 aromatic heterocycles. The smallest absolute Gasteiger partial charge is 0.258 e. The lowest BCUT2D eigenvalue weighted by Crippen LogP contribution is -2.17. The third kappa shape index (κ3) is 3.51. The van der Waals surface area contributed by atoms with Crippen molar-refractivity contribution in [2.24, 2.45) is 5.73 Å². The van der Waals surface area contributed by atoms with Crippen molar-refractivity contribution in [3.05, 3.63) is 83.1 Å². The number of primary amides is 1. The zero-order chi connectivity index (χ0) is 17.8. The van der Waals surface area contributed by atoms with Gasteiger partial charge in [-0.05, 0) is 29.8 Å². The molecule has 5 nitrogen and oxygen atoms in total. The molecule has 0 fully saturated rings. The number of halogens is 1. The normalized spacial score (nSPS) is 10.3. The lowest BCUT2D eigenvalue weighted by molar-refractivity contribution is 0.0996. The summed E-state index contributed by atoms with van der Waals surface area (Å²) in [5.41, 5.74) is 7.86. The van der Waals surface area contributed by atoms with Gasteiger partial charge in [-0.3, -0.25) is 9.59 Å². The molecular weight excluding hydrogens is 338 g/mol. The highest BCUT2D eigenvalue weighted by molar-refractivity contribution is 6.33. The Labute approximate surface area is 149 Å². The van der Waals surface area contributed by atoms with Gasteiger partial charge in [0.25, 0.3) is 5.91 Å². The number of carbonyl (C=O) groups excluding carboxylic acids is 2. The first kappa shape index (κ1) is 16.7. The second-order valence-corrected chi connectivity index (χ2v) is 5.61. The predicted octanol–water partition coefficient (Wildman–Crippen LogP) is 3.75. The fourth-order valence-corrected chi connectivity index (χ4v) is 2.73. The Morgan fingerprint density at radius 3 is 2.32 bits per heavy atom. The Hall–Kier alpha value is -3.18. The van der Waals surface area contributed by atoms with Crippen LogP contribution in [0.1, 0.15) is 20.7 Å².